The fourth-order valence-corrected chi connectivity index (χ4v) is 2.81. The summed E-state index contributed by atoms with van der Waals surface area (Å²) < 4.78 is 10.5. The first-order chi connectivity index (χ1) is 14.0. The molecule has 1 aliphatic rings. The highest BCUT2D eigenvalue weighted by atomic mass is 16.5. The molecule has 0 bridgehead atoms. The predicted molar refractivity (Wildman–Crippen MR) is 109 cm³/mol. The van der Waals surface area contributed by atoms with Crippen molar-refractivity contribution in [3.63, 3.8) is 0 Å². The van der Waals surface area contributed by atoms with Crippen molar-refractivity contribution in [1.29, 1.82) is 0 Å². The van der Waals surface area contributed by atoms with Gasteiger partial charge in [-0.05, 0) is 56.7 Å². The molecule has 148 valence electrons. The Morgan fingerprint density at radius 3 is 2.31 bits per heavy atom. The third-order valence-electron chi connectivity index (χ3n) is 4.41. The minimum absolute atomic E-state index is 0.227. The van der Waals surface area contributed by atoms with Crippen LogP contribution in [0.15, 0.2) is 88.6 Å². The van der Waals surface area contributed by atoms with E-state index >= 15 is 0 Å². The van der Waals surface area contributed by atoms with Crippen LogP contribution in [-0.4, -0.2) is 18.5 Å². The molecular weight excluding hydrogens is 368 g/mol. The van der Waals surface area contributed by atoms with E-state index < -0.39 is 17.4 Å². The zero-order valence-electron chi connectivity index (χ0n) is 16.4. The topological polar surface area (TPSA) is 77.3 Å². The smallest absolute Gasteiger partial charge is 0.334 e. The molecule has 6 heteroatoms. The standard InChI is InChI=1S/C23H22N2O4/c1-3-28-21(26)17-8-7-15-23(2,16-17)22(27)29-20-13-11-19(12-14-20)25-24-18-9-5-4-6-10-18/h4-15H,3,16H2,1-2H3. The lowest BCUT2D eigenvalue weighted by Gasteiger charge is -2.26. The quantitative estimate of drug-likeness (QED) is 0.373. The molecule has 0 radical (unpaired) electrons. The van der Waals surface area contributed by atoms with E-state index in [0.29, 0.717) is 17.0 Å². The summed E-state index contributed by atoms with van der Waals surface area (Å²) in [4.78, 5) is 24.7. The van der Waals surface area contributed by atoms with Gasteiger partial charge >= 0.3 is 11.9 Å². The van der Waals surface area contributed by atoms with Gasteiger partial charge in [0.2, 0.25) is 0 Å². The summed E-state index contributed by atoms with van der Waals surface area (Å²) >= 11 is 0. The van der Waals surface area contributed by atoms with Crippen molar-refractivity contribution < 1.29 is 19.1 Å². The fraction of sp³-hybridized carbons (Fsp3) is 0.217. The summed E-state index contributed by atoms with van der Waals surface area (Å²) in [5.41, 5.74) is 0.906. The molecule has 1 atom stereocenters. The van der Waals surface area contributed by atoms with Gasteiger partial charge in [-0.3, -0.25) is 4.79 Å². The second-order valence-corrected chi connectivity index (χ2v) is 6.78. The van der Waals surface area contributed by atoms with Gasteiger partial charge in [-0.2, -0.15) is 10.2 Å². The monoisotopic (exact) mass is 390 g/mol. The summed E-state index contributed by atoms with van der Waals surface area (Å²) in [5.74, 6) is -0.457. The molecule has 2 aromatic rings. The summed E-state index contributed by atoms with van der Waals surface area (Å²) in [5, 5.41) is 8.31. The Balaban J connectivity index is 1.63. The van der Waals surface area contributed by atoms with E-state index in [4.69, 9.17) is 9.47 Å². The number of carbonyl (C=O) groups is 2. The van der Waals surface area contributed by atoms with Crippen LogP contribution in [-0.2, 0) is 14.3 Å². The number of esters is 2. The Morgan fingerprint density at radius 2 is 1.66 bits per heavy atom. The molecule has 0 heterocycles. The van der Waals surface area contributed by atoms with E-state index in [2.05, 4.69) is 10.2 Å². The average molecular weight is 390 g/mol. The van der Waals surface area contributed by atoms with E-state index in [-0.39, 0.29) is 13.0 Å². The largest absolute Gasteiger partial charge is 0.463 e. The lowest BCUT2D eigenvalue weighted by atomic mass is 9.80. The van der Waals surface area contributed by atoms with E-state index in [1.165, 1.54) is 0 Å². The molecule has 0 saturated heterocycles. The normalized spacial score (nSPS) is 18.3. The Labute approximate surface area is 169 Å². The minimum Gasteiger partial charge on any atom is -0.463 e. The van der Waals surface area contributed by atoms with Crippen LogP contribution in [0.1, 0.15) is 20.3 Å². The Hall–Kier alpha value is -3.54. The van der Waals surface area contributed by atoms with Gasteiger partial charge in [0.25, 0.3) is 0 Å². The molecule has 0 N–H and O–H groups in total. The van der Waals surface area contributed by atoms with E-state index in [9.17, 15) is 9.59 Å². The molecule has 0 saturated carbocycles. The lowest BCUT2D eigenvalue weighted by molar-refractivity contribution is -0.143. The predicted octanol–water partition coefficient (Wildman–Crippen LogP) is 5.46. The number of carbonyl (C=O) groups excluding carboxylic acids is 2. The molecule has 3 rings (SSSR count). The number of azo groups is 1. The third-order valence-corrected chi connectivity index (χ3v) is 4.41. The third kappa shape index (κ3) is 5.25. The lowest BCUT2D eigenvalue weighted by Crippen LogP contribution is -2.33. The molecule has 6 nitrogen and oxygen atoms in total. The van der Waals surface area contributed by atoms with Gasteiger partial charge in [0.1, 0.15) is 5.75 Å². The maximum Gasteiger partial charge on any atom is 0.334 e. The van der Waals surface area contributed by atoms with Crippen molar-refractivity contribution in [2.75, 3.05) is 6.61 Å². The Kier molecular flexibility index (Phi) is 6.34. The van der Waals surface area contributed by atoms with E-state index in [1.807, 2.05) is 30.3 Å². The summed E-state index contributed by atoms with van der Waals surface area (Å²) in [6, 6.07) is 16.2. The van der Waals surface area contributed by atoms with Crippen molar-refractivity contribution in [1.82, 2.24) is 0 Å². The first-order valence-electron chi connectivity index (χ1n) is 9.35. The molecule has 2 aromatic carbocycles. The molecule has 0 aromatic heterocycles. The molecular formula is C23H22N2O4. The van der Waals surface area contributed by atoms with Gasteiger partial charge in [0, 0.05) is 5.57 Å². The maximum absolute atomic E-state index is 12.7. The van der Waals surface area contributed by atoms with Crippen LogP contribution >= 0.6 is 0 Å². The van der Waals surface area contributed by atoms with Crippen LogP contribution < -0.4 is 4.74 Å². The molecule has 0 aliphatic heterocycles. The van der Waals surface area contributed by atoms with E-state index in [1.54, 1.807) is 56.3 Å². The van der Waals surface area contributed by atoms with Crippen LogP contribution in [0.25, 0.3) is 0 Å². The zero-order valence-corrected chi connectivity index (χ0v) is 16.4. The number of allylic oxidation sites excluding steroid dienone is 2. The number of ether oxygens (including phenoxy) is 2. The molecule has 0 amide bonds. The van der Waals surface area contributed by atoms with E-state index in [0.717, 1.165) is 5.69 Å². The SMILES string of the molecule is CCOC(=O)C1=CC=CC(C)(C(=O)Oc2ccc(N=Nc3ccccc3)cc2)C1. The zero-order chi connectivity index (χ0) is 20.7. The second kappa shape index (κ2) is 9.10. The van der Waals surface area contributed by atoms with Gasteiger partial charge in [-0.15, -0.1) is 0 Å². The first kappa shape index (κ1) is 20.2. The highest BCUT2D eigenvalue weighted by molar-refractivity contribution is 5.92. The molecule has 0 fully saturated rings. The second-order valence-electron chi connectivity index (χ2n) is 6.78. The Bertz CT molecular complexity index is 962. The highest BCUT2D eigenvalue weighted by Crippen LogP contribution is 2.34. The molecule has 1 aliphatic carbocycles. The number of nitrogens with zero attached hydrogens (tertiary/aromatic N) is 2. The number of hydrogen-bond acceptors (Lipinski definition) is 6. The van der Waals surface area contributed by atoms with Crippen molar-refractivity contribution >= 4 is 23.3 Å². The summed E-state index contributed by atoms with van der Waals surface area (Å²) in [6.45, 7) is 3.77. The fourth-order valence-electron chi connectivity index (χ4n) is 2.81. The van der Waals surface area contributed by atoms with Gasteiger partial charge in [-0.1, -0.05) is 36.4 Å². The van der Waals surface area contributed by atoms with Crippen LogP contribution in [0.4, 0.5) is 11.4 Å². The number of rotatable bonds is 6. The molecule has 1 unspecified atom stereocenters. The first-order valence-corrected chi connectivity index (χ1v) is 9.35. The average Bonchev–Trinajstić information content (AvgIpc) is 2.74. The maximum atomic E-state index is 12.7. The van der Waals surface area contributed by atoms with Crippen molar-refractivity contribution in [3.8, 4) is 5.75 Å². The van der Waals surface area contributed by atoms with Crippen molar-refractivity contribution in [3.05, 3.63) is 78.4 Å². The highest BCUT2D eigenvalue weighted by Gasteiger charge is 2.37. The van der Waals surface area contributed by atoms with Crippen LogP contribution in [0.3, 0.4) is 0 Å². The number of hydrogen-bond donors (Lipinski definition) is 0. The van der Waals surface area contributed by atoms with Crippen LogP contribution in [0.2, 0.25) is 0 Å². The van der Waals surface area contributed by atoms with Gasteiger partial charge in [-0.25, -0.2) is 4.79 Å². The van der Waals surface area contributed by atoms with Crippen molar-refractivity contribution in [2.45, 2.75) is 20.3 Å². The molecule has 0 spiro atoms. The summed E-state index contributed by atoms with van der Waals surface area (Å²) in [6.07, 6.45) is 5.31. The van der Waals surface area contributed by atoms with Crippen LogP contribution in [0.5, 0.6) is 5.75 Å². The van der Waals surface area contributed by atoms with Gasteiger partial charge in [0.05, 0.1) is 23.4 Å². The molecule has 29 heavy (non-hydrogen) atoms. The Morgan fingerprint density at radius 1 is 1.00 bits per heavy atom. The van der Waals surface area contributed by atoms with Gasteiger partial charge < -0.3 is 9.47 Å². The summed E-state index contributed by atoms with van der Waals surface area (Å²) in [7, 11) is 0. The van der Waals surface area contributed by atoms with Crippen molar-refractivity contribution in [2.24, 2.45) is 15.6 Å². The van der Waals surface area contributed by atoms with Gasteiger partial charge in [0.15, 0.2) is 0 Å². The minimum atomic E-state index is -0.942. The van der Waals surface area contributed by atoms with Crippen LogP contribution in [0, 0.1) is 5.41 Å². The number of benzene rings is 2.